The van der Waals surface area contributed by atoms with Crippen LogP contribution in [0.4, 0.5) is 10.1 Å². The van der Waals surface area contributed by atoms with Crippen molar-refractivity contribution < 1.29 is 9.13 Å². The highest BCUT2D eigenvalue weighted by molar-refractivity contribution is 5.46. The van der Waals surface area contributed by atoms with Crippen LogP contribution in [0.15, 0.2) is 48.5 Å². The van der Waals surface area contributed by atoms with Crippen molar-refractivity contribution >= 4 is 5.69 Å². The predicted molar refractivity (Wildman–Crippen MR) is 99.0 cm³/mol. The lowest BCUT2D eigenvalue weighted by atomic mass is 9.90. The third kappa shape index (κ3) is 3.79. The molecule has 1 fully saturated rings. The lowest BCUT2D eigenvalue weighted by molar-refractivity contribution is 0.223. The molecule has 0 amide bonds. The molecule has 25 heavy (non-hydrogen) atoms. The number of fused-ring (bicyclic) bond motifs is 1. The Balaban J connectivity index is 1.29. The van der Waals surface area contributed by atoms with Crippen LogP contribution >= 0.6 is 0 Å². The van der Waals surface area contributed by atoms with Gasteiger partial charge in [-0.3, -0.25) is 4.90 Å². The lowest BCUT2D eigenvalue weighted by Gasteiger charge is -2.37. The Hall–Kier alpha value is -2.07. The highest BCUT2D eigenvalue weighted by atomic mass is 19.1. The molecule has 0 aliphatic carbocycles. The number of hydrogen-bond donors (Lipinski definition) is 0. The van der Waals surface area contributed by atoms with E-state index >= 15 is 0 Å². The van der Waals surface area contributed by atoms with Gasteiger partial charge in [0.1, 0.15) is 11.6 Å². The van der Waals surface area contributed by atoms with Gasteiger partial charge in [-0.05, 0) is 61.2 Å². The van der Waals surface area contributed by atoms with Gasteiger partial charge in [0, 0.05) is 31.9 Å². The summed E-state index contributed by atoms with van der Waals surface area (Å²) in [6.45, 7) is 6.13. The van der Waals surface area contributed by atoms with Crippen molar-refractivity contribution in [3.8, 4) is 5.75 Å². The maximum Gasteiger partial charge on any atom is 0.123 e. The molecule has 132 valence electrons. The van der Waals surface area contributed by atoms with E-state index in [-0.39, 0.29) is 5.82 Å². The first-order chi connectivity index (χ1) is 12.3. The number of benzene rings is 2. The van der Waals surface area contributed by atoms with E-state index in [1.54, 1.807) is 12.1 Å². The summed E-state index contributed by atoms with van der Waals surface area (Å²) in [5.74, 6) is 1.51. The lowest BCUT2D eigenvalue weighted by Crippen LogP contribution is -2.46. The predicted octanol–water partition coefficient (Wildman–Crippen LogP) is 3.90. The van der Waals surface area contributed by atoms with Crippen LogP contribution in [-0.4, -0.2) is 44.2 Å². The molecule has 0 radical (unpaired) electrons. The van der Waals surface area contributed by atoms with E-state index in [0.717, 1.165) is 57.2 Å². The summed E-state index contributed by atoms with van der Waals surface area (Å²) >= 11 is 0. The Morgan fingerprint density at radius 2 is 1.72 bits per heavy atom. The fraction of sp³-hybridized carbons (Fsp3) is 0.429. The Labute approximate surface area is 149 Å². The van der Waals surface area contributed by atoms with Gasteiger partial charge in [-0.2, -0.15) is 0 Å². The normalized spacial score (nSPS) is 20.8. The SMILES string of the molecule is Fc1ccc(N2CCN(CCC3CCOc4ccccc43)CC2)cc1. The zero-order valence-corrected chi connectivity index (χ0v) is 14.5. The van der Waals surface area contributed by atoms with Crippen molar-refractivity contribution in [2.45, 2.75) is 18.8 Å². The summed E-state index contributed by atoms with van der Waals surface area (Å²) in [6, 6.07) is 15.3. The van der Waals surface area contributed by atoms with Crippen LogP contribution in [0.5, 0.6) is 5.75 Å². The van der Waals surface area contributed by atoms with E-state index in [9.17, 15) is 4.39 Å². The largest absolute Gasteiger partial charge is 0.493 e. The summed E-state index contributed by atoms with van der Waals surface area (Å²) in [5.41, 5.74) is 2.50. The Bertz CT molecular complexity index is 695. The molecule has 2 aromatic carbocycles. The average Bonchev–Trinajstić information content (AvgIpc) is 2.67. The van der Waals surface area contributed by atoms with Crippen molar-refractivity contribution in [1.82, 2.24) is 4.90 Å². The first-order valence-electron chi connectivity index (χ1n) is 9.24. The molecule has 3 nitrogen and oxygen atoms in total. The van der Waals surface area contributed by atoms with Gasteiger partial charge in [0.25, 0.3) is 0 Å². The molecule has 4 heteroatoms. The van der Waals surface area contributed by atoms with Gasteiger partial charge in [-0.25, -0.2) is 4.39 Å². The van der Waals surface area contributed by atoms with Gasteiger partial charge in [0.2, 0.25) is 0 Å². The Morgan fingerprint density at radius 1 is 0.960 bits per heavy atom. The van der Waals surface area contributed by atoms with E-state index in [1.165, 1.54) is 12.0 Å². The minimum atomic E-state index is -0.167. The number of piperazine rings is 1. The molecule has 0 N–H and O–H groups in total. The number of para-hydroxylation sites is 1. The molecule has 1 saturated heterocycles. The molecular formula is C21H25FN2O. The number of nitrogens with zero attached hydrogens (tertiary/aromatic N) is 2. The molecular weight excluding hydrogens is 315 g/mol. The van der Waals surface area contributed by atoms with E-state index < -0.39 is 0 Å². The van der Waals surface area contributed by atoms with Gasteiger partial charge in [0.05, 0.1) is 6.61 Å². The van der Waals surface area contributed by atoms with Crippen LogP contribution in [0.1, 0.15) is 24.3 Å². The highest BCUT2D eigenvalue weighted by Gasteiger charge is 2.23. The summed E-state index contributed by atoms with van der Waals surface area (Å²) in [7, 11) is 0. The fourth-order valence-corrected chi connectivity index (χ4v) is 3.94. The summed E-state index contributed by atoms with van der Waals surface area (Å²) in [6.07, 6.45) is 2.31. The number of halogens is 1. The minimum Gasteiger partial charge on any atom is -0.493 e. The van der Waals surface area contributed by atoms with Crippen LogP contribution in [-0.2, 0) is 0 Å². The van der Waals surface area contributed by atoms with Crippen molar-refractivity contribution in [3.05, 3.63) is 59.9 Å². The van der Waals surface area contributed by atoms with Crippen molar-refractivity contribution in [1.29, 1.82) is 0 Å². The van der Waals surface area contributed by atoms with Gasteiger partial charge in [-0.15, -0.1) is 0 Å². The quantitative estimate of drug-likeness (QED) is 0.839. The van der Waals surface area contributed by atoms with Crippen molar-refractivity contribution in [2.24, 2.45) is 0 Å². The molecule has 0 spiro atoms. The molecule has 2 aliphatic heterocycles. The Morgan fingerprint density at radius 3 is 2.52 bits per heavy atom. The molecule has 2 heterocycles. The summed E-state index contributed by atoms with van der Waals surface area (Å²) < 4.78 is 18.8. The second-order valence-electron chi connectivity index (χ2n) is 6.97. The van der Waals surface area contributed by atoms with Crippen LogP contribution < -0.4 is 9.64 Å². The van der Waals surface area contributed by atoms with Crippen LogP contribution in [0.3, 0.4) is 0 Å². The molecule has 4 rings (SSSR count). The maximum atomic E-state index is 13.1. The third-order valence-electron chi connectivity index (χ3n) is 5.44. The van der Waals surface area contributed by atoms with Crippen molar-refractivity contribution in [2.75, 3.05) is 44.2 Å². The van der Waals surface area contributed by atoms with Gasteiger partial charge in [-0.1, -0.05) is 18.2 Å². The molecule has 2 aliphatic rings. The second kappa shape index (κ2) is 7.44. The monoisotopic (exact) mass is 340 g/mol. The first kappa shape index (κ1) is 16.4. The molecule has 0 saturated carbocycles. The van der Waals surface area contributed by atoms with Gasteiger partial charge < -0.3 is 9.64 Å². The summed E-state index contributed by atoms with van der Waals surface area (Å²) in [4.78, 5) is 4.90. The van der Waals surface area contributed by atoms with E-state index in [2.05, 4.69) is 34.1 Å². The number of rotatable bonds is 4. The van der Waals surface area contributed by atoms with Crippen molar-refractivity contribution in [3.63, 3.8) is 0 Å². The smallest absolute Gasteiger partial charge is 0.123 e. The van der Waals surface area contributed by atoms with Crippen LogP contribution in [0.25, 0.3) is 0 Å². The maximum absolute atomic E-state index is 13.1. The van der Waals surface area contributed by atoms with E-state index in [1.807, 2.05) is 12.1 Å². The third-order valence-corrected chi connectivity index (χ3v) is 5.44. The Kier molecular flexibility index (Phi) is 4.88. The van der Waals surface area contributed by atoms with Gasteiger partial charge in [0.15, 0.2) is 0 Å². The minimum absolute atomic E-state index is 0.167. The first-order valence-corrected chi connectivity index (χ1v) is 9.24. The molecule has 2 aromatic rings. The average molecular weight is 340 g/mol. The van der Waals surface area contributed by atoms with Gasteiger partial charge >= 0.3 is 0 Å². The second-order valence-corrected chi connectivity index (χ2v) is 6.97. The summed E-state index contributed by atoms with van der Waals surface area (Å²) in [5, 5.41) is 0. The number of anilines is 1. The van der Waals surface area contributed by atoms with E-state index in [4.69, 9.17) is 4.74 Å². The standard InChI is InChI=1S/C21H25FN2O/c22-18-5-7-19(8-6-18)24-14-12-23(13-15-24)11-9-17-10-16-25-21-4-2-1-3-20(17)21/h1-8,17H,9-16H2. The zero-order valence-electron chi connectivity index (χ0n) is 14.5. The van der Waals surface area contributed by atoms with Crippen LogP contribution in [0, 0.1) is 5.82 Å². The topological polar surface area (TPSA) is 15.7 Å². The van der Waals surface area contributed by atoms with Crippen LogP contribution in [0.2, 0.25) is 0 Å². The molecule has 0 aromatic heterocycles. The zero-order chi connectivity index (χ0) is 17.1. The fourth-order valence-electron chi connectivity index (χ4n) is 3.94. The molecule has 0 bridgehead atoms. The molecule has 1 atom stereocenters. The number of ether oxygens (including phenoxy) is 1. The number of hydrogen-bond acceptors (Lipinski definition) is 3. The molecule has 1 unspecified atom stereocenters. The van der Waals surface area contributed by atoms with E-state index in [0.29, 0.717) is 5.92 Å². The highest BCUT2D eigenvalue weighted by Crippen LogP contribution is 2.35.